The predicted octanol–water partition coefficient (Wildman–Crippen LogP) is 1.96. The standard InChI is InChI=1S/C13H22N4/c1-10(2)14-9-12-6-7-13(16-15-12)17-8-4-5-11(17)3/h6-7,10-11,14H,4-5,8-9H2,1-3H3. The molecule has 1 aliphatic rings. The van der Waals surface area contributed by atoms with Gasteiger partial charge in [-0.2, -0.15) is 5.10 Å². The van der Waals surface area contributed by atoms with Crippen LogP contribution < -0.4 is 10.2 Å². The number of nitrogens with one attached hydrogen (secondary N) is 1. The van der Waals surface area contributed by atoms with Crippen LogP contribution in [-0.2, 0) is 6.54 Å². The van der Waals surface area contributed by atoms with Crippen LogP contribution in [0.1, 0.15) is 39.3 Å². The summed E-state index contributed by atoms with van der Waals surface area (Å²) in [6.07, 6.45) is 2.53. The van der Waals surface area contributed by atoms with Crippen LogP contribution in [0.4, 0.5) is 5.82 Å². The van der Waals surface area contributed by atoms with E-state index >= 15 is 0 Å². The van der Waals surface area contributed by atoms with Crippen LogP contribution in [0.2, 0.25) is 0 Å². The van der Waals surface area contributed by atoms with Gasteiger partial charge in [0, 0.05) is 25.2 Å². The fraction of sp³-hybridized carbons (Fsp3) is 0.692. The summed E-state index contributed by atoms with van der Waals surface area (Å²) in [7, 11) is 0. The lowest BCUT2D eigenvalue weighted by Gasteiger charge is -2.21. The summed E-state index contributed by atoms with van der Waals surface area (Å²) in [5.74, 6) is 1.02. The predicted molar refractivity (Wildman–Crippen MR) is 70.0 cm³/mol. The van der Waals surface area contributed by atoms with E-state index in [4.69, 9.17) is 0 Å². The van der Waals surface area contributed by atoms with Crippen molar-refractivity contribution in [2.75, 3.05) is 11.4 Å². The van der Waals surface area contributed by atoms with Crippen molar-refractivity contribution in [2.24, 2.45) is 0 Å². The Balaban J connectivity index is 1.97. The van der Waals surface area contributed by atoms with Crippen molar-refractivity contribution in [1.82, 2.24) is 15.5 Å². The molecule has 2 rings (SSSR count). The van der Waals surface area contributed by atoms with Crippen molar-refractivity contribution >= 4 is 5.82 Å². The zero-order valence-corrected chi connectivity index (χ0v) is 11.0. The summed E-state index contributed by atoms with van der Waals surface area (Å²) in [6.45, 7) is 8.42. The fourth-order valence-electron chi connectivity index (χ4n) is 2.18. The first-order chi connectivity index (χ1) is 8.16. The van der Waals surface area contributed by atoms with Gasteiger partial charge in [0.25, 0.3) is 0 Å². The fourth-order valence-corrected chi connectivity index (χ4v) is 2.18. The first-order valence-electron chi connectivity index (χ1n) is 6.49. The summed E-state index contributed by atoms with van der Waals surface area (Å²) in [5, 5.41) is 11.9. The second kappa shape index (κ2) is 5.45. The second-order valence-corrected chi connectivity index (χ2v) is 5.10. The van der Waals surface area contributed by atoms with Crippen LogP contribution in [-0.4, -0.2) is 28.8 Å². The van der Waals surface area contributed by atoms with Crippen LogP contribution in [0.3, 0.4) is 0 Å². The van der Waals surface area contributed by atoms with Crippen molar-refractivity contribution in [3.63, 3.8) is 0 Å². The Morgan fingerprint density at radius 2 is 2.24 bits per heavy atom. The van der Waals surface area contributed by atoms with Gasteiger partial charge in [-0.25, -0.2) is 0 Å². The molecule has 1 aliphatic heterocycles. The first-order valence-corrected chi connectivity index (χ1v) is 6.49. The van der Waals surface area contributed by atoms with E-state index in [1.165, 1.54) is 12.8 Å². The molecule has 1 atom stereocenters. The van der Waals surface area contributed by atoms with E-state index in [-0.39, 0.29) is 0 Å². The van der Waals surface area contributed by atoms with Crippen molar-refractivity contribution in [1.29, 1.82) is 0 Å². The third kappa shape index (κ3) is 3.16. The van der Waals surface area contributed by atoms with Gasteiger partial charge in [0.1, 0.15) is 0 Å². The van der Waals surface area contributed by atoms with Crippen LogP contribution in [0, 0.1) is 0 Å². The molecule has 0 bridgehead atoms. The Morgan fingerprint density at radius 3 is 2.76 bits per heavy atom. The molecule has 1 fully saturated rings. The van der Waals surface area contributed by atoms with Gasteiger partial charge in [-0.3, -0.25) is 0 Å². The van der Waals surface area contributed by atoms with Gasteiger partial charge < -0.3 is 10.2 Å². The molecule has 0 aliphatic carbocycles. The van der Waals surface area contributed by atoms with Crippen LogP contribution in [0.15, 0.2) is 12.1 Å². The maximum Gasteiger partial charge on any atom is 0.151 e. The molecule has 94 valence electrons. The molecule has 0 aromatic carbocycles. The molecule has 1 aromatic rings. The minimum atomic E-state index is 0.482. The number of rotatable bonds is 4. The lowest BCUT2D eigenvalue weighted by atomic mass is 10.2. The average molecular weight is 234 g/mol. The molecule has 0 spiro atoms. The third-order valence-electron chi connectivity index (χ3n) is 3.24. The minimum Gasteiger partial charge on any atom is -0.352 e. The molecule has 1 saturated heterocycles. The number of hydrogen-bond donors (Lipinski definition) is 1. The van der Waals surface area contributed by atoms with Gasteiger partial charge in [-0.15, -0.1) is 5.10 Å². The number of nitrogens with zero attached hydrogens (tertiary/aromatic N) is 3. The van der Waals surface area contributed by atoms with Gasteiger partial charge >= 0.3 is 0 Å². The highest BCUT2D eigenvalue weighted by Gasteiger charge is 2.21. The molecule has 0 radical (unpaired) electrons. The molecule has 0 saturated carbocycles. The topological polar surface area (TPSA) is 41.0 Å². The molecule has 2 heterocycles. The molecule has 0 amide bonds. The Labute approximate surface area is 103 Å². The number of aromatic nitrogens is 2. The van der Waals surface area contributed by atoms with Gasteiger partial charge in [-0.1, -0.05) is 13.8 Å². The van der Waals surface area contributed by atoms with Crippen LogP contribution >= 0.6 is 0 Å². The van der Waals surface area contributed by atoms with Crippen molar-refractivity contribution in [3.05, 3.63) is 17.8 Å². The van der Waals surface area contributed by atoms with Gasteiger partial charge in [0.2, 0.25) is 0 Å². The number of hydrogen-bond acceptors (Lipinski definition) is 4. The van der Waals surface area contributed by atoms with E-state index in [0.29, 0.717) is 12.1 Å². The van der Waals surface area contributed by atoms with E-state index in [1.54, 1.807) is 0 Å². The van der Waals surface area contributed by atoms with E-state index in [0.717, 1.165) is 24.6 Å². The molecular weight excluding hydrogens is 212 g/mol. The van der Waals surface area contributed by atoms with Gasteiger partial charge in [0.05, 0.1) is 5.69 Å². The maximum absolute atomic E-state index is 4.32. The Morgan fingerprint density at radius 1 is 1.41 bits per heavy atom. The van der Waals surface area contributed by atoms with Crippen molar-refractivity contribution in [3.8, 4) is 0 Å². The highest BCUT2D eigenvalue weighted by Crippen LogP contribution is 2.22. The normalized spacial score (nSPS) is 20.2. The largest absolute Gasteiger partial charge is 0.352 e. The van der Waals surface area contributed by atoms with Crippen molar-refractivity contribution < 1.29 is 0 Å². The molecule has 1 aromatic heterocycles. The summed E-state index contributed by atoms with van der Waals surface area (Å²) >= 11 is 0. The monoisotopic (exact) mass is 234 g/mol. The van der Waals surface area contributed by atoms with E-state index in [1.807, 2.05) is 0 Å². The SMILES string of the molecule is CC(C)NCc1ccc(N2CCCC2C)nn1. The van der Waals surface area contributed by atoms with Gasteiger partial charge in [-0.05, 0) is 31.9 Å². The van der Waals surface area contributed by atoms with E-state index in [9.17, 15) is 0 Å². The third-order valence-corrected chi connectivity index (χ3v) is 3.24. The Hall–Kier alpha value is -1.16. The molecule has 4 nitrogen and oxygen atoms in total. The van der Waals surface area contributed by atoms with Crippen molar-refractivity contribution in [2.45, 2.75) is 52.2 Å². The minimum absolute atomic E-state index is 0.482. The zero-order valence-electron chi connectivity index (χ0n) is 11.0. The lowest BCUT2D eigenvalue weighted by Crippen LogP contribution is -2.28. The van der Waals surface area contributed by atoms with E-state index in [2.05, 4.69) is 53.3 Å². The molecule has 4 heteroatoms. The van der Waals surface area contributed by atoms with Crippen LogP contribution in [0.5, 0.6) is 0 Å². The highest BCUT2D eigenvalue weighted by atomic mass is 15.3. The summed E-state index contributed by atoms with van der Waals surface area (Å²) in [4.78, 5) is 2.34. The summed E-state index contributed by atoms with van der Waals surface area (Å²) in [5.41, 5.74) is 1.01. The average Bonchev–Trinajstić information content (AvgIpc) is 2.73. The zero-order chi connectivity index (χ0) is 12.3. The van der Waals surface area contributed by atoms with Gasteiger partial charge in [0.15, 0.2) is 5.82 Å². The second-order valence-electron chi connectivity index (χ2n) is 5.10. The summed E-state index contributed by atoms with van der Waals surface area (Å²) < 4.78 is 0. The number of anilines is 1. The van der Waals surface area contributed by atoms with E-state index < -0.39 is 0 Å². The highest BCUT2D eigenvalue weighted by molar-refractivity contribution is 5.39. The molecule has 1 N–H and O–H groups in total. The Bertz CT molecular complexity index is 347. The van der Waals surface area contributed by atoms with Crippen LogP contribution in [0.25, 0.3) is 0 Å². The first kappa shape index (κ1) is 12.3. The Kier molecular flexibility index (Phi) is 3.94. The quantitative estimate of drug-likeness (QED) is 0.864. The summed E-state index contributed by atoms with van der Waals surface area (Å²) in [6, 6.07) is 5.24. The smallest absolute Gasteiger partial charge is 0.151 e. The lowest BCUT2D eigenvalue weighted by molar-refractivity contribution is 0.577. The molecule has 1 unspecified atom stereocenters. The molecular formula is C13H22N4. The molecule has 17 heavy (non-hydrogen) atoms. The maximum atomic E-state index is 4.32.